The van der Waals surface area contributed by atoms with Gasteiger partial charge in [-0.1, -0.05) is 6.07 Å². The van der Waals surface area contributed by atoms with Gasteiger partial charge in [-0.2, -0.15) is 5.26 Å². The molecular weight excluding hydrogens is 221 g/mol. The fraction of sp³-hybridized carbons (Fsp3) is 0.385. The van der Waals surface area contributed by atoms with Gasteiger partial charge >= 0.3 is 0 Å². The molecule has 1 aromatic carbocycles. The third-order valence-electron chi connectivity index (χ3n) is 2.87. The fourth-order valence-corrected chi connectivity index (χ4v) is 1.92. The summed E-state index contributed by atoms with van der Waals surface area (Å²) >= 11 is 0. The van der Waals surface area contributed by atoms with E-state index in [0.717, 1.165) is 0 Å². The van der Waals surface area contributed by atoms with Gasteiger partial charge in [-0.3, -0.25) is 4.79 Å². The molecule has 0 aliphatic heterocycles. The first kappa shape index (κ1) is 11.6. The number of halogens is 1. The number of rotatable bonds is 2. The van der Waals surface area contributed by atoms with Crippen LogP contribution in [0.2, 0.25) is 0 Å². The summed E-state index contributed by atoms with van der Waals surface area (Å²) in [6.45, 7) is 0. The maximum absolute atomic E-state index is 13.3. The van der Waals surface area contributed by atoms with Crippen LogP contribution in [0.15, 0.2) is 18.2 Å². The van der Waals surface area contributed by atoms with Crippen molar-refractivity contribution in [2.24, 2.45) is 0 Å². The Morgan fingerprint density at radius 3 is 2.71 bits per heavy atom. The Morgan fingerprint density at radius 2 is 2.06 bits per heavy atom. The molecule has 0 bridgehead atoms. The first-order valence-electron chi connectivity index (χ1n) is 5.57. The van der Waals surface area contributed by atoms with Crippen LogP contribution in [0.3, 0.4) is 0 Å². The normalized spacial score (nSPS) is 16.6. The Balaban J connectivity index is 2.11. The number of Topliss-reactive ketones (excluding diaryl/α,β-unsaturated/α-hetero) is 1. The molecule has 88 valence electrons. The summed E-state index contributed by atoms with van der Waals surface area (Å²) in [6.07, 6.45) is 2.19. The van der Waals surface area contributed by atoms with E-state index in [1.165, 1.54) is 12.1 Å². The molecule has 1 aliphatic rings. The third-order valence-corrected chi connectivity index (χ3v) is 2.87. The first-order chi connectivity index (χ1) is 8.20. The summed E-state index contributed by atoms with van der Waals surface area (Å²) in [7, 11) is 0. The topological polar surface area (TPSA) is 50.1 Å². The molecule has 0 radical (unpaired) electrons. The Kier molecular flexibility index (Phi) is 3.38. The molecular formula is C13H12FNO2. The first-order valence-corrected chi connectivity index (χ1v) is 5.57. The number of nitriles is 1. The molecule has 1 fully saturated rings. The van der Waals surface area contributed by atoms with E-state index in [0.29, 0.717) is 25.7 Å². The largest absolute Gasteiger partial charge is 0.489 e. The molecule has 1 aliphatic carbocycles. The number of benzene rings is 1. The van der Waals surface area contributed by atoms with Crippen molar-refractivity contribution in [1.82, 2.24) is 0 Å². The van der Waals surface area contributed by atoms with Crippen LogP contribution in [0.1, 0.15) is 31.2 Å². The molecule has 0 amide bonds. The van der Waals surface area contributed by atoms with Crippen molar-refractivity contribution in [2.75, 3.05) is 0 Å². The summed E-state index contributed by atoms with van der Waals surface area (Å²) in [5.41, 5.74) is -0.0654. The zero-order valence-corrected chi connectivity index (χ0v) is 9.28. The van der Waals surface area contributed by atoms with E-state index in [1.54, 1.807) is 12.1 Å². The van der Waals surface area contributed by atoms with E-state index in [9.17, 15) is 9.18 Å². The monoisotopic (exact) mass is 233 g/mol. The standard InChI is InChI=1S/C13H12FNO2/c14-12-2-1-3-13(11(12)8-15)17-10-6-4-9(16)5-7-10/h1-3,10H,4-7H2. The number of hydrogen-bond acceptors (Lipinski definition) is 3. The van der Waals surface area contributed by atoms with Gasteiger partial charge in [-0.05, 0) is 25.0 Å². The van der Waals surface area contributed by atoms with Crippen LogP contribution in [-0.2, 0) is 4.79 Å². The Morgan fingerprint density at radius 1 is 1.35 bits per heavy atom. The summed E-state index contributed by atoms with van der Waals surface area (Å²) in [4.78, 5) is 11.1. The molecule has 0 saturated heterocycles. The zero-order chi connectivity index (χ0) is 12.3. The molecule has 1 aromatic rings. The molecule has 3 nitrogen and oxygen atoms in total. The van der Waals surface area contributed by atoms with Crippen molar-refractivity contribution in [3.8, 4) is 11.8 Å². The van der Waals surface area contributed by atoms with Gasteiger partial charge in [0.05, 0.1) is 6.10 Å². The second-order valence-electron chi connectivity index (χ2n) is 4.08. The average Bonchev–Trinajstić information content (AvgIpc) is 2.32. The third kappa shape index (κ3) is 2.62. The number of nitrogens with zero attached hydrogens (tertiary/aromatic N) is 1. The summed E-state index contributed by atoms with van der Waals surface area (Å²) < 4.78 is 18.9. The molecule has 4 heteroatoms. The van der Waals surface area contributed by atoms with E-state index >= 15 is 0 Å². The molecule has 0 atom stereocenters. The molecule has 0 spiro atoms. The van der Waals surface area contributed by atoms with Gasteiger partial charge in [0, 0.05) is 12.8 Å². The molecule has 0 unspecified atom stereocenters. The minimum Gasteiger partial charge on any atom is -0.489 e. The maximum Gasteiger partial charge on any atom is 0.144 e. The molecule has 0 aromatic heterocycles. The SMILES string of the molecule is N#Cc1c(F)cccc1OC1CCC(=O)CC1. The van der Waals surface area contributed by atoms with E-state index < -0.39 is 5.82 Å². The molecule has 0 heterocycles. The van der Waals surface area contributed by atoms with E-state index in [1.807, 2.05) is 0 Å². The highest BCUT2D eigenvalue weighted by Crippen LogP contribution is 2.25. The van der Waals surface area contributed by atoms with Gasteiger partial charge in [0.2, 0.25) is 0 Å². The zero-order valence-electron chi connectivity index (χ0n) is 9.28. The molecule has 0 N–H and O–H groups in total. The predicted octanol–water partition coefficient (Wildman–Crippen LogP) is 2.59. The highest BCUT2D eigenvalue weighted by molar-refractivity contribution is 5.79. The lowest BCUT2D eigenvalue weighted by atomic mass is 9.96. The quantitative estimate of drug-likeness (QED) is 0.788. The highest BCUT2D eigenvalue weighted by atomic mass is 19.1. The number of carbonyl (C=O) groups is 1. The van der Waals surface area contributed by atoms with Gasteiger partial charge in [-0.25, -0.2) is 4.39 Å². The highest BCUT2D eigenvalue weighted by Gasteiger charge is 2.21. The van der Waals surface area contributed by atoms with E-state index in [2.05, 4.69) is 0 Å². The smallest absolute Gasteiger partial charge is 0.144 e. The lowest BCUT2D eigenvalue weighted by molar-refractivity contribution is -0.121. The van der Waals surface area contributed by atoms with Crippen molar-refractivity contribution in [3.05, 3.63) is 29.6 Å². The van der Waals surface area contributed by atoms with Crippen molar-refractivity contribution < 1.29 is 13.9 Å². The Hall–Kier alpha value is -1.89. The lowest BCUT2D eigenvalue weighted by Gasteiger charge is -2.22. The summed E-state index contributed by atoms with van der Waals surface area (Å²) in [5.74, 6) is -0.0617. The van der Waals surface area contributed by atoms with Crippen LogP contribution in [0, 0.1) is 17.1 Å². The lowest BCUT2D eigenvalue weighted by Crippen LogP contribution is -2.24. The van der Waals surface area contributed by atoms with Crippen LogP contribution in [0.25, 0.3) is 0 Å². The van der Waals surface area contributed by atoms with Crippen molar-refractivity contribution in [2.45, 2.75) is 31.8 Å². The molecule has 2 rings (SSSR count). The summed E-state index contributed by atoms with van der Waals surface area (Å²) in [6, 6.07) is 6.12. The van der Waals surface area contributed by atoms with Crippen LogP contribution < -0.4 is 4.74 Å². The number of hydrogen-bond donors (Lipinski definition) is 0. The van der Waals surface area contributed by atoms with Gasteiger partial charge < -0.3 is 4.74 Å². The number of ether oxygens (including phenoxy) is 1. The fourth-order valence-electron chi connectivity index (χ4n) is 1.92. The van der Waals surface area contributed by atoms with Crippen molar-refractivity contribution >= 4 is 5.78 Å². The van der Waals surface area contributed by atoms with Gasteiger partial charge in [0.15, 0.2) is 0 Å². The minimum absolute atomic E-state index is 0.0654. The number of ketones is 1. The maximum atomic E-state index is 13.3. The van der Waals surface area contributed by atoms with E-state index in [-0.39, 0.29) is 23.2 Å². The van der Waals surface area contributed by atoms with Crippen LogP contribution in [-0.4, -0.2) is 11.9 Å². The second-order valence-corrected chi connectivity index (χ2v) is 4.08. The number of carbonyl (C=O) groups excluding carboxylic acids is 1. The van der Waals surface area contributed by atoms with Crippen LogP contribution >= 0.6 is 0 Å². The Bertz CT molecular complexity index is 469. The van der Waals surface area contributed by atoms with Gasteiger partial charge in [0.25, 0.3) is 0 Å². The van der Waals surface area contributed by atoms with Crippen LogP contribution in [0.4, 0.5) is 4.39 Å². The minimum atomic E-state index is -0.572. The predicted molar refractivity (Wildman–Crippen MR) is 59.0 cm³/mol. The van der Waals surface area contributed by atoms with Gasteiger partial charge in [0.1, 0.15) is 29.0 Å². The van der Waals surface area contributed by atoms with Gasteiger partial charge in [-0.15, -0.1) is 0 Å². The van der Waals surface area contributed by atoms with Crippen molar-refractivity contribution in [1.29, 1.82) is 5.26 Å². The molecule has 17 heavy (non-hydrogen) atoms. The van der Waals surface area contributed by atoms with Crippen LogP contribution in [0.5, 0.6) is 5.75 Å². The summed E-state index contributed by atoms with van der Waals surface area (Å²) in [5, 5.41) is 8.85. The Labute approximate surface area is 98.8 Å². The van der Waals surface area contributed by atoms with E-state index in [4.69, 9.17) is 10.00 Å². The average molecular weight is 233 g/mol. The molecule has 1 saturated carbocycles. The second kappa shape index (κ2) is 4.96. The van der Waals surface area contributed by atoms with Crippen molar-refractivity contribution in [3.63, 3.8) is 0 Å².